The van der Waals surface area contributed by atoms with E-state index in [-0.39, 0.29) is 12.5 Å². The van der Waals surface area contributed by atoms with Crippen molar-refractivity contribution >= 4 is 39.0 Å². The summed E-state index contributed by atoms with van der Waals surface area (Å²) in [4.78, 5) is 24.7. The van der Waals surface area contributed by atoms with E-state index in [1.807, 2.05) is 54.3 Å². The van der Waals surface area contributed by atoms with Crippen LogP contribution in [0.5, 0.6) is 5.75 Å². The van der Waals surface area contributed by atoms with E-state index in [0.29, 0.717) is 18.0 Å². The second kappa shape index (κ2) is 8.92. The van der Waals surface area contributed by atoms with Crippen LogP contribution in [0, 0.1) is 0 Å². The Bertz CT molecular complexity index is 1160. The predicted molar refractivity (Wildman–Crippen MR) is 122 cm³/mol. The monoisotopic (exact) mass is 418 g/mol. The maximum Gasteiger partial charge on any atom is 0.244 e. The van der Waals surface area contributed by atoms with E-state index in [2.05, 4.69) is 32.8 Å². The minimum atomic E-state index is -0.135. The van der Waals surface area contributed by atoms with E-state index >= 15 is 0 Å². The standard InChI is InChI=1S/C23H22N4O2S/c1-3-27(13-20(28)26-18-11-7-8-12-19(18)29-2)22-21-17(16-9-5-4-6-10-16)14-30-23(21)25-15-24-22/h4-12,14-15H,3,13H2,1-2H3,(H,26,28). The molecule has 2 aromatic heterocycles. The quantitative estimate of drug-likeness (QED) is 0.466. The molecular weight excluding hydrogens is 396 g/mol. The first-order valence-electron chi connectivity index (χ1n) is 9.66. The first-order valence-corrected chi connectivity index (χ1v) is 10.5. The van der Waals surface area contributed by atoms with Gasteiger partial charge >= 0.3 is 0 Å². The number of para-hydroxylation sites is 2. The minimum Gasteiger partial charge on any atom is -0.495 e. The Hall–Kier alpha value is -3.45. The molecule has 7 heteroatoms. The average molecular weight is 419 g/mol. The highest BCUT2D eigenvalue weighted by atomic mass is 32.1. The number of hydrogen-bond acceptors (Lipinski definition) is 6. The van der Waals surface area contributed by atoms with Crippen LogP contribution in [0.1, 0.15) is 6.92 Å². The highest BCUT2D eigenvalue weighted by Gasteiger charge is 2.19. The number of ether oxygens (including phenoxy) is 1. The Balaban J connectivity index is 1.65. The number of rotatable bonds is 7. The van der Waals surface area contributed by atoms with Crippen LogP contribution >= 0.6 is 11.3 Å². The number of carbonyl (C=O) groups is 1. The van der Waals surface area contributed by atoms with Gasteiger partial charge in [0.2, 0.25) is 5.91 Å². The van der Waals surface area contributed by atoms with Gasteiger partial charge in [-0.25, -0.2) is 9.97 Å². The van der Waals surface area contributed by atoms with Crippen LogP contribution in [0.25, 0.3) is 21.3 Å². The Morgan fingerprint density at radius 3 is 2.63 bits per heavy atom. The molecule has 0 bridgehead atoms. The molecule has 0 spiro atoms. The topological polar surface area (TPSA) is 67.4 Å². The van der Waals surface area contributed by atoms with Gasteiger partial charge < -0.3 is 15.0 Å². The highest BCUT2D eigenvalue weighted by Crippen LogP contribution is 2.37. The van der Waals surface area contributed by atoms with Crippen molar-refractivity contribution in [2.45, 2.75) is 6.92 Å². The molecule has 0 aliphatic heterocycles. The van der Waals surface area contributed by atoms with Gasteiger partial charge in [0.1, 0.15) is 22.7 Å². The first kappa shape index (κ1) is 19.8. The molecule has 4 aromatic rings. The third-order valence-corrected chi connectivity index (χ3v) is 5.72. The van der Waals surface area contributed by atoms with Crippen molar-refractivity contribution in [3.63, 3.8) is 0 Å². The molecule has 0 radical (unpaired) electrons. The summed E-state index contributed by atoms with van der Waals surface area (Å²) in [7, 11) is 1.59. The zero-order valence-electron chi connectivity index (χ0n) is 16.8. The highest BCUT2D eigenvalue weighted by molar-refractivity contribution is 7.17. The van der Waals surface area contributed by atoms with Gasteiger partial charge in [0.15, 0.2) is 0 Å². The van der Waals surface area contributed by atoms with Crippen LogP contribution in [-0.4, -0.2) is 36.1 Å². The van der Waals surface area contributed by atoms with Crippen molar-refractivity contribution in [2.24, 2.45) is 0 Å². The molecule has 1 N–H and O–H groups in total. The maximum absolute atomic E-state index is 12.8. The Morgan fingerprint density at radius 1 is 1.10 bits per heavy atom. The van der Waals surface area contributed by atoms with Gasteiger partial charge in [-0.15, -0.1) is 11.3 Å². The SMILES string of the molecule is CCN(CC(=O)Nc1ccccc1OC)c1ncnc2scc(-c3ccccc3)c12. The number of carbonyl (C=O) groups excluding carboxylic acids is 1. The third kappa shape index (κ3) is 3.97. The maximum atomic E-state index is 12.8. The zero-order chi connectivity index (χ0) is 20.9. The fourth-order valence-corrected chi connectivity index (χ4v) is 4.29. The summed E-state index contributed by atoms with van der Waals surface area (Å²) in [6.07, 6.45) is 1.56. The van der Waals surface area contributed by atoms with Gasteiger partial charge in [0.05, 0.1) is 24.7 Å². The molecule has 4 rings (SSSR count). The number of aromatic nitrogens is 2. The molecule has 0 fully saturated rings. The molecule has 0 aliphatic rings. The van der Waals surface area contributed by atoms with E-state index in [1.165, 1.54) is 0 Å². The molecule has 6 nitrogen and oxygen atoms in total. The molecule has 0 unspecified atom stereocenters. The van der Waals surface area contributed by atoms with Crippen LogP contribution in [0.3, 0.4) is 0 Å². The summed E-state index contributed by atoms with van der Waals surface area (Å²) in [5.41, 5.74) is 2.83. The average Bonchev–Trinajstić information content (AvgIpc) is 3.23. The third-order valence-electron chi connectivity index (χ3n) is 4.83. The fourth-order valence-electron chi connectivity index (χ4n) is 3.38. The molecule has 0 atom stereocenters. The largest absolute Gasteiger partial charge is 0.495 e. The summed E-state index contributed by atoms with van der Waals surface area (Å²) >= 11 is 1.58. The molecule has 30 heavy (non-hydrogen) atoms. The molecule has 0 saturated heterocycles. The molecule has 2 aromatic carbocycles. The summed E-state index contributed by atoms with van der Waals surface area (Å²) in [5, 5.41) is 6.01. The van der Waals surface area contributed by atoms with Crippen LogP contribution in [0.15, 0.2) is 66.3 Å². The smallest absolute Gasteiger partial charge is 0.244 e. The lowest BCUT2D eigenvalue weighted by molar-refractivity contribution is -0.115. The van der Waals surface area contributed by atoms with Crippen LogP contribution < -0.4 is 15.0 Å². The predicted octanol–water partition coefficient (Wildman–Crippen LogP) is 4.83. The Morgan fingerprint density at radius 2 is 1.87 bits per heavy atom. The van der Waals surface area contributed by atoms with Gasteiger partial charge in [-0.2, -0.15) is 0 Å². The molecule has 0 aliphatic carbocycles. The van der Waals surface area contributed by atoms with Crippen molar-refractivity contribution in [2.75, 3.05) is 30.4 Å². The number of nitrogens with zero attached hydrogens (tertiary/aromatic N) is 3. The second-order valence-electron chi connectivity index (χ2n) is 6.66. The first-order chi connectivity index (χ1) is 14.7. The van der Waals surface area contributed by atoms with E-state index < -0.39 is 0 Å². The molecule has 0 saturated carbocycles. The number of fused-ring (bicyclic) bond motifs is 1. The molecule has 1 amide bonds. The number of likely N-dealkylation sites (N-methyl/N-ethyl adjacent to an activating group) is 1. The van der Waals surface area contributed by atoms with Gasteiger partial charge in [-0.1, -0.05) is 42.5 Å². The van der Waals surface area contributed by atoms with Crippen LogP contribution in [0.4, 0.5) is 11.5 Å². The van der Waals surface area contributed by atoms with E-state index in [0.717, 1.165) is 27.2 Å². The molecule has 152 valence electrons. The van der Waals surface area contributed by atoms with Gasteiger partial charge in [-0.3, -0.25) is 4.79 Å². The number of methoxy groups -OCH3 is 1. The van der Waals surface area contributed by atoms with E-state index in [9.17, 15) is 4.79 Å². The van der Waals surface area contributed by atoms with Crippen molar-refractivity contribution < 1.29 is 9.53 Å². The number of anilines is 2. The lowest BCUT2D eigenvalue weighted by Crippen LogP contribution is -2.34. The van der Waals surface area contributed by atoms with E-state index in [4.69, 9.17) is 4.74 Å². The number of hydrogen-bond donors (Lipinski definition) is 1. The lowest BCUT2D eigenvalue weighted by atomic mass is 10.1. The lowest BCUT2D eigenvalue weighted by Gasteiger charge is -2.22. The van der Waals surface area contributed by atoms with Gasteiger partial charge in [0.25, 0.3) is 0 Å². The summed E-state index contributed by atoms with van der Waals surface area (Å²) < 4.78 is 5.33. The van der Waals surface area contributed by atoms with Crippen LogP contribution in [-0.2, 0) is 4.79 Å². The molecule has 2 heterocycles. The van der Waals surface area contributed by atoms with Gasteiger partial charge in [-0.05, 0) is 24.6 Å². The molecular formula is C23H22N4O2S. The fraction of sp³-hybridized carbons (Fsp3) is 0.174. The van der Waals surface area contributed by atoms with Gasteiger partial charge in [0, 0.05) is 17.5 Å². The second-order valence-corrected chi connectivity index (χ2v) is 7.51. The minimum absolute atomic E-state index is 0.135. The van der Waals surface area contributed by atoms with Crippen LogP contribution in [0.2, 0.25) is 0 Å². The zero-order valence-corrected chi connectivity index (χ0v) is 17.6. The van der Waals surface area contributed by atoms with Crippen molar-refractivity contribution in [1.82, 2.24) is 9.97 Å². The number of benzene rings is 2. The van der Waals surface area contributed by atoms with Crippen molar-refractivity contribution in [1.29, 1.82) is 0 Å². The summed E-state index contributed by atoms with van der Waals surface area (Å²) in [6, 6.07) is 17.5. The number of thiophene rings is 1. The Kier molecular flexibility index (Phi) is 5.90. The van der Waals surface area contributed by atoms with Crippen molar-refractivity contribution in [3.05, 3.63) is 66.3 Å². The number of amides is 1. The number of nitrogens with one attached hydrogen (secondary N) is 1. The Labute approximate surface area is 179 Å². The summed E-state index contributed by atoms with van der Waals surface area (Å²) in [5.74, 6) is 1.25. The van der Waals surface area contributed by atoms with Crippen molar-refractivity contribution in [3.8, 4) is 16.9 Å². The normalized spacial score (nSPS) is 10.7. The van der Waals surface area contributed by atoms with E-state index in [1.54, 1.807) is 24.8 Å². The summed E-state index contributed by atoms with van der Waals surface area (Å²) in [6.45, 7) is 2.82.